The molecule has 1 aromatic rings. The van der Waals surface area contributed by atoms with Gasteiger partial charge in [0.05, 0.1) is 18.1 Å². The third-order valence-corrected chi connectivity index (χ3v) is 4.21. The minimum Gasteiger partial charge on any atom is -0.482 e. The quantitative estimate of drug-likeness (QED) is 0.490. The molecule has 27 heavy (non-hydrogen) atoms. The maximum Gasteiger partial charge on any atom is 0.344 e. The number of thioether (sulfide) groups is 1. The molecule has 9 heteroatoms. The fourth-order valence-electron chi connectivity index (χ4n) is 2.13. The number of carbonyl (C=O) groups excluding carboxylic acids is 4. The number of nitrogens with zero attached hydrogens (tertiary/aromatic N) is 1. The maximum absolute atomic E-state index is 12.3. The molecular formula is C18H19NO7S. The molecule has 0 N–H and O–H groups in total. The van der Waals surface area contributed by atoms with Crippen molar-refractivity contribution in [3.63, 3.8) is 0 Å². The van der Waals surface area contributed by atoms with Crippen molar-refractivity contribution in [2.75, 3.05) is 26.4 Å². The molecule has 2 rings (SSSR count). The zero-order valence-electron chi connectivity index (χ0n) is 14.9. The standard InChI is InChI=1S/C18H19NO7S/c1-3-24-15(20)10-19-17(22)14(27-18(19)23)9-12-5-7-13(8-6-12)26-11-16(21)25-4-2/h5-9H,3-4,10-11H2,1-2H3. The van der Waals surface area contributed by atoms with E-state index in [1.165, 1.54) is 0 Å². The first kappa shape index (κ1) is 20.5. The van der Waals surface area contributed by atoms with Crippen LogP contribution in [0.2, 0.25) is 0 Å². The van der Waals surface area contributed by atoms with Crippen LogP contribution in [-0.4, -0.2) is 54.4 Å². The molecule has 0 bridgehead atoms. The summed E-state index contributed by atoms with van der Waals surface area (Å²) in [6.07, 6.45) is 1.55. The second-order valence-corrected chi connectivity index (χ2v) is 6.23. The van der Waals surface area contributed by atoms with E-state index in [4.69, 9.17) is 14.2 Å². The predicted octanol–water partition coefficient (Wildman–Crippen LogP) is 2.23. The number of rotatable bonds is 8. The van der Waals surface area contributed by atoms with Gasteiger partial charge in [0.2, 0.25) is 0 Å². The summed E-state index contributed by atoms with van der Waals surface area (Å²) in [4.78, 5) is 48.1. The Bertz CT molecular complexity index is 757. The molecule has 2 amide bonds. The fourth-order valence-corrected chi connectivity index (χ4v) is 2.97. The number of esters is 2. The smallest absolute Gasteiger partial charge is 0.344 e. The highest BCUT2D eigenvalue weighted by Gasteiger charge is 2.36. The second kappa shape index (κ2) is 9.77. The zero-order valence-corrected chi connectivity index (χ0v) is 15.7. The average Bonchev–Trinajstić information content (AvgIpc) is 2.89. The Balaban J connectivity index is 1.99. The van der Waals surface area contributed by atoms with Gasteiger partial charge in [0.1, 0.15) is 12.3 Å². The number of benzene rings is 1. The highest BCUT2D eigenvalue weighted by atomic mass is 32.2. The Morgan fingerprint density at radius 1 is 1.04 bits per heavy atom. The zero-order chi connectivity index (χ0) is 19.8. The molecule has 0 unspecified atom stereocenters. The van der Waals surface area contributed by atoms with Gasteiger partial charge in [0.15, 0.2) is 6.61 Å². The van der Waals surface area contributed by atoms with E-state index in [0.29, 0.717) is 11.3 Å². The first-order valence-electron chi connectivity index (χ1n) is 8.24. The molecule has 0 radical (unpaired) electrons. The summed E-state index contributed by atoms with van der Waals surface area (Å²) in [7, 11) is 0. The third-order valence-electron chi connectivity index (χ3n) is 3.31. The van der Waals surface area contributed by atoms with E-state index in [0.717, 1.165) is 16.7 Å². The number of hydrogen-bond acceptors (Lipinski definition) is 8. The lowest BCUT2D eigenvalue weighted by molar-refractivity contribution is -0.146. The van der Waals surface area contributed by atoms with Crippen molar-refractivity contribution in [1.29, 1.82) is 0 Å². The SMILES string of the molecule is CCOC(=O)COc1ccc(C=C2SC(=O)N(CC(=O)OCC)C2=O)cc1. The first-order chi connectivity index (χ1) is 12.9. The summed E-state index contributed by atoms with van der Waals surface area (Å²) >= 11 is 0.759. The van der Waals surface area contributed by atoms with E-state index in [2.05, 4.69) is 0 Å². The van der Waals surface area contributed by atoms with Crippen LogP contribution in [-0.2, 0) is 23.9 Å². The lowest BCUT2D eigenvalue weighted by Crippen LogP contribution is -2.34. The van der Waals surface area contributed by atoms with Gasteiger partial charge in [-0.3, -0.25) is 19.3 Å². The van der Waals surface area contributed by atoms with Crippen LogP contribution in [0.15, 0.2) is 29.2 Å². The van der Waals surface area contributed by atoms with Crippen molar-refractivity contribution < 1.29 is 33.4 Å². The Labute approximate surface area is 160 Å². The van der Waals surface area contributed by atoms with Gasteiger partial charge in [-0.1, -0.05) is 12.1 Å². The fraction of sp³-hybridized carbons (Fsp3) is 0.333. The van der Waals surface area contributed by atoms with Crippen LogP contribution in [0.3, 0.4) is 0 Å². The second-order valence-electron chi connectivity index (χ2n) is 5.24. The average molecular weight is 393 g/mol. The molecule has 1 heterocycles. The highest BCUT2D eigenvalue weighted by Crippen LogP contribution is 2.32. The van der Waals surface area contributed by atoms with Gasteiger partial charge in [-0.2, -0.15) is 0 Å². The van der Waals surface area contributed by atoms with Crippen LogP contribution in [0.1, 0.15) is 19.4 Å². The van der Waals surface area contributed by atoms with Crippen molar-refractivity contribution in [1.82, 2.24) is 4.90 Å². The summed E-state index contributed by atoms with van der Waals surface area (Å²) in [6.45, 7) is 3.21. The number of imide groups is 1. The van der Waals surface area contributed by atoms with Gasteiger partial charge >= 0.3 is 11.9 Å². The third kappa shape index (κ3) is 5.85. The summed E-state index contributed by atoms with van der Waals surface area (Å²) in [5.74, 6) is -1.17. The molecule has 144 valence electrons. The minimum absolute atomic E-state index is 0.176. The number of amides is 2. The molecule has 0 spiro atoms. The van der Waals surface area contributed by atoms with E-state index < -0.39 is 29.6 Å². The number of hydrogen-bond donors (Lipinski definition) is 0. The summed E-state index contributed by atoms with van der Waals surface area (Å²) < 4.78 is 14.8. The van der Waals surface area contributed by atoms with Crippen molar-refractivity contribution >= 4 is 40.9 Å². The molecular weight excluding hydrogens is 374 g/mol. The maximum atomic E-state index is 12.3. The van der Waals surface area contributed by atoms with Gasteiger partial charge < -0.3 is 14.2 Å². The van der Waals surface area contributed by atoms with Gasteiger partial charge in [-0.05, 0) is 49.4 Å². The van der Waals surface area contributed by atoms with E-state index in [1.54, 1.807) is 44.2 Å². The van der Waals surface area contributed by atoms with Gasteiger partial charge in [0.25, 0.3) is 11.1 Å². The van der Waals surface area contributed by atoms with E-state index in [1.807, 2.05) is 0 Å². The van der Waals surface area contributed by atoms with Gasteiger partial charge in [-0.15, -0.1) is 0 Å². The van der Waals surface area contributed by atoms with E-state index >= 15 is 0 Å². The molecule has 0 saturated carbocycles. The normalized spacial score (nSPS) is 15.2. The van der Waals surface area contributed by atoms with Gasteiger partial charge in [-0.25, -0.2) is 4.79 Å². The highest BCUT2D eigenvalue weighted by molar-refractivity contribution is 8.18. The summed E-state index contributed by atoms with van der Waals surface area (Å²) in [5.41, 5.74) is 0.667. The summed E-state index contributed by atoms with van der Waals surface area (Å²) in [6, 6.07) is 6.63. The van der Waals surface area contributed by atoms with Crippen LogP contribution in [0.25, 0.3) is 6.08 Å². The Morgan fingerprint density at radius 2 is 1.67 bits per heavy atom. The number of carbonyl (C=O) groups is 4. The van der Waals surface area contributed by atoms with E-state index in [-0.39, 0.29) is 24.7 Å². The topological polar surface area (TPSA) is 99.2 Å². The van der Waals surface area contributed by atoms with Crippen molar-refractivity contribution in [3.8, 4) is 5.75 Å². The minimum atomic E-state index is -0.635. The monoisotopic (exact) mass is 393 g/mol. The molecule has 0 aliphatic carbocycles. The van der Waals surface area contributed by atoms with Crippen molar-refractivity contribution in [3.05, 3.63) is 34.7 Å². The Kier molecular flexibility index (Phi) is 7.42. The molecule has 1 saturated heterocycles. The lowest BCUT2D eigenvalue weighted by atomic mass is 10.2. The molecule has 1 fully saturated rings. The van der Waals surface area contributed by atoms with Gasteiger partial charge in [0, 0.05) is 0 Å². The summed E-state index contributed by atoms with van der Waals surface area (Å²) in [5, 5.41) is -0.520. The Hall–Kier alpha value is -2.81. The molecule has 0 aromatic heterocycles. The van der Waals surface area contributed by atoms with E-state index in [9.17, 15) is 19.2 Å². The molecule has 1 aliphatic heterocycles. The van der Waals surface area contributed by atoms with Crippen LogP contribution >= 0.6 is 11.8 Å². The van der Waals surface area contributed by atoms with Crippen molar-refractivity contribution in [2.24, 2.45) is 0 Å². The molecule has 1 aromatic carbocycles. The predicted molar refractivity (Wildman–Crippen MR) is 97.9 cm³/mol. The number of ether oxygens (including phenoxy) is 3. The van der Waals surface area contributed by atoms with Crippen LogP contribution in [0.4, 0.5) is 4.79 Å². The molecule has 0 atom stereocenters. The Morgan fingerprint density at radius 3 is 2.30 bits per heavy atom. The van der Waals surface area contributed by atoms with Crippen LogP contribution in [0, 0.1) is 0 Å². The van der Waals surface area contributed by atoms with Crippen LogP contribution < -0.4 is 4.74 Å². The van der Waals surface area contributed by atoms with Crippen molar-refractivity contribution in [2.45, 2.75) is 13.8 Å². The van der Waals surface area contributed by atoms with Crippen LogP contribution in [0.5, 0.6) is 5.75 Å². The largest absolute Gasteiger partial charge is 0.482 e. The molecule has 8 nitrogen and oxygen atoms in total. The first-order valence-corrected chi connectivity index (χ1v) is 9.05. The molecule has 1 aliphatic rings. The lowest BCUT2D eigenvalue weighted by Gasteiger charge is -2.10.